The molecule has 6 heteroatoms. The zero-order valence-corrected chi connectivity index (χ0v) is 16.1. The van der Waals surface area contributed by atoms with Crippen molar-refractivity contribution in [3.05, 3.63) is 59.7 Å². The van der Waals surface area contributed by atoms with Crippen LogP contribution < -0.4 is 10.2 Å². The number of benzene rings is 2. The third kappa shape index (κ3) is 4.01. The van der Waals surface area contributed by atoms with Gasteiger partial charge in [0.2, 0.25) is 5.91 Å². The molecule has 2 aromatic rings. The molecule has 150 valence electrons. The van der Waals surface area contributed by atoms with E-state index < -0.39 is 5.97 Å². The van der Waals surface area contributed by atoms with Crippen molar-refractivity contribution < 1.29 is 19.5 Å². The maximum atomic E-state index is 12.9. The molecule has 1 aliphatic carbocycles. The monoisotopic (exact) mass is 392 g/mol. The van der Waals surface area contributed by atoms with Crippen molar-refractivity contribution in [3.8, 4) is 0 Å². The van der Waals surface area contributed by atoms with E-state index in [9.17, 15) is 14.4 Å². The highest BCUT2D eigenvalue weighted by Crippen LogP contribution is 2.31. The Balaban J connectivity index is 1.37. The number of anilines is 2. The lowest BCUT2D eigenvalue weighted by molar-refractivity contribution is -0.143. The Hall–Kier alpha value is -3.15. The molecule has 6 nitrogen and oxygen atoms in total. The number of nitrogens with zero attached hydrogens (tertiary/aromatic N) is 1. The SMILES string of the molecule is O=C(O)C1CCC(C(=O)Nc2ccc(C(=O)N3CCc4ccccc43)cc2)CC1. The molecule has 1 fully saturated rings. The number of carbonyl (C=O) groups excluding carboxylic acids is 2. The van der Waals surface area contributed by atoms with Crippen molar-refractivity contribution in [2.45, 2.75) is 32.1 Å². The maximum absolute atomic E-state index is 12.9. The first-order valence-electron chi connectivity index (χ1n) is 10.1. The molecule has 0 radical (unpaired) electrons. The molecule has 2 N–H and O–H groups in total. The number of carboxylic acids is 1. The maximum Gasteiger partial charge on any atom is 0.306 e. The number of aliphatic carboxylic acids is 1. The van der Waals surface area contributed by atoms with Crippen LogP contribution in [-0.4, -0.2) is 29.4 Å². The van der Waals surface area contributed by atoms with E-state index in [1.165, 1.54) is 5.56 Å². The van der Waals surface area contributed by atoms with Crippen molar-refractivity contribution >= 4 is 29.2 Å². The Morgan fingerprint density at radius 2 is 1.55 bits per heavy atom. The summed E-state index contributed by atoms with van der Waals surface area (Å²) in [6.45, 7) is 0.676. The molecule has 1 aliphatic heterocycles. The summed E-state index contributed by atoms with van der Waals surface area (Å²) in [6, 6.07) is 14.9. The van der Waals surface area contributed by atoms with Crippen LogP contribution in [0.15, 0.2) is 48.5 Å². The van der Waals surface area contributed by atoms with Crippen molar-refractivity contribution in [2.24, 2.45) is 11.8 Å². The van der Waals surface area contributed by atoms with Gasteiger partial charge in [0, 0.05) is 29.4 Å². The summed E-state index contributed by atoms with van der Waals surface area (Å²) in [7, 11) is 0. The van der Waals surface area contributed by atoms with E-state index in [1.807, 2.05) is 24.3 Å². The second-order valence-corrected chi connectivity index (χ2v) is 7.79. The minimum atomic E-state index is -0.773. The third-order valence-electron chi connectivity index (χ3n) is 5.98. The predicted molar refractivity (Wildman–Crippen MR) is 110 cm³/mol. The summed E-state index contributed by atoms with van der Waals surface area (Å²) in [5.74, 6) is -1.39. The number of fused-ring (bicyclic) bond motifs is 1. The van der Waals surface area contributed by atoms with Gasteiger partial charge in [-0.1, -0.05) is 18.2 Å². The van der Waals surface area contributed by atoms with Crippen LogP contribution in [0.3, 0.4) is 0 Å². The van der Waals surface area contributed by atoms with E-state index in [0.717, 1.165) is 12.1 Å². The van der Waals surface area contributed by atoms with Gasteiger partial charge in [0.1, 0.15) is 0 Å². The number of hydrogen-bond donors (Lipinski definition) is 2. The normalized spacial score (nSPS) is 20.8. The number of hydrogen-bond acceptors (Lipinski definition) is 3. The van der Waals surface area contributed by atoms with Crippen LogP contribution in [0.5, 0.6) is 0 Å². The Bertz CT molecular complexity index is 930. The molecule has 2 aromatic carbocycles. The molecule has 1 saturated carbocycles. The van der Waals surface area contributed by atoms with Gasteiger partial charge in [-0.05, 0) is 68.0 Å². The van der Waals surface area contributed by atoms with E-state index in [2.05, 4.69) is 5.32 Å². The van der Waals surface area contributed by atoms with Crippen molar-refractivity contribution in [3.63, 3.8) is 0 Å². The zero-order valence-electron chi connectivity index (χ0n) is 16.1. The molecule has 0 atom stereocenters. The highest BCUT2D eigenvalue weighted by molar-refractivity contribution is 6.07. The molecule has 0 aromatic heterocycles. The molecule has 0 saturated heterocycles. The second kappa shape index (κ2) is 8.07. The molecule has 2 aliphatic rings. The highest BCUT2D eigenvalue weighted by atomic mass is 16.4. The van der Waals surface area contributed by atoms with Gasteiger partial charge in [-0.15, -0.1) is 0 Å². The second-order valence-electron chi connectivity index (χ2n) is 7.79. The Labute approximate surface area is 169 Å². The molecular weight excluding hydrogens is 368 g/mol. The van der Waals surface area contributed by atoms with Crippen molar-refractivity contribution in [1.29, 1.82) is 0 Å². The van der Waals surface area contributed by atoms with Crippen LogP contribution in [-0.2, 0) is 16.0 Å². The number of nitrogens with one attached hydrogen (secondary N) is 1. The van der Waals surface area contributed by atoms with Crippen LogP contribution in [0.1, 0.15) is 41.6 Å². The molecule has 0 unspecified atom stereocenters. The van der Waals surface area contributed by atoms with Gasteiger partial charge < -0.3 is 15.3 Å². The largest absolute Gasteiger partial charge is 0.481 e. The van der Waals surface area contributed by atoms with E-state index in [0.29, 0.717) is 43.5 Å². The minimum absolute atomic E-state index is 0.0418. The lowest BCUT2D eigenvalue weighted by atomic mass is 9.81. The van der Waals surface area contributed by atoms with Gasteiger partial charge in [0.15, 0.2) is 0 Å². The lowest BCUT2D eigenvalue weighted by Gasteiger charge is -2.25. The van der Waals surface area contributed by atoms with Crippen molar-refractivity contribution in [1.82, 2.24) is 0 Å². The van der Waals surface area contributed by atoms with Crippen LogP contribution in [0.25, 0.3) is 0 Å². The number of para-hydroxylation sites is 1. The average molecular weight is 392 g/mol. The summed E-state index contributed by atoms with van der Waals surface area (Å²) in [5.41, 5.74) is 3.38. The molecule has 0 spiro atoms. The number of carbonyl (C=O) groups is 3. The van der Waals surface area contributed by atoms with Gasteiger partial charge in [-0.2, -0.15) is 0 Å². The lowest BCUT2D eigenvalue weighted by Crippen LogP contribution is -2.30. The zero-order chi connectivity index (χ0) is 20.4. The number of amides is 2. The Kier molecular flexibility index (Phi) is 5.34. The number of rotatable bonds is 4. The van der Waals surface area contributed by atoms with E-state index in [1.54, 1.807) is 29.2 Å². The minimum Gasteiger partial charge on any atom is -0.481 e. The van der Waals surface area contributed by atoms with Gasteiger partial charge in [0.25, 0.3) is 5.91 Å². The topological polar surface area (TPSA) is 86.7 Å². The molecule has 29 heavy (non-hydrogen) atoms. The third-order valence-corrected chi connectivity index (χ3v) is 5.98. The number of carboxylic acid groups (broad SMARTS) is 1. The van der Waals surface area contributed by atoms with Crippen LogP contribution in [0.4, 0.5) is 11.4 Å². The first-order chi connectivity index (χ1) is 14.0. The Morgan fingerprint density at radius 3 is 2.24 bits per heavy atom. The summed E-state index contributed by atoms with van der Waals surface area (Å²) >= 11 is 0. The fourth-order valence-corrected chi connectivity index (χ4v) is 4.25. The molecule has 1 heterocycles. The fraction of sp³-hybridized carbons (Fsp3) is 0.348. The molecular formula is C23H24N2O4. The van der Waals surface area contributed by atoms with E-state index in [-0.39, 0.29) is 23.7 Å². The van der Waals surface area contributed by atoms with Gasteiger partial charge in [0.05, 0.1) is 5.92 Å². The predicted octanol–water partition coefficient (Wildman–Crippen LogP) is 3.72. The van der Waals surface area contributed by atoms with E-state index >= 15 is 0 Å². The van der Waals surface area contributed by atoms with Crippen LogP contribution >= 0.6 is 0 Å². The highest BCUT2D eigenvalue weighted by Gasteiger charge is 2.30. The standard InChI is InChI=1S/C23H24N2O4/c26-21(16-5-7-18(8-6-16)23(28)29)24-19-11-9-17(10-12-19)22(27)25-14-13-15-3-1-2-4-20(15)25/h1-4,9-12,16,18H,5-8,13-14H2,(H,24,26)(H,28,29). The summed E-state index contributed by atoms with van der Waals surface area (Å²) in [6.07, 6.45) is 3.12. The van der Waals surface area contributed by atoms with E-state index in [4.69, 9.17) is 5.11 Å². The first kappa shape index (κ1) is 19.2. The van der Waals surface area contributed by atoms with Crippen LogP contribution in [0, 0.1) is 11.8 Å². The average Bonchev–Trinajstić information content (AvgIpc) is 3.18. The summed E-state index contributed by atoms with van der Waals surface area (Å²) in [4.78, 5) is 38.2. The van der Waals surface area contributed by atoms with Gasteiger partial charge in [-0.3, -0.25) is 14.4 Å². The van der Waals surface area contributed by atoms with Gasteiger partial charge >= 0.3 is 5.97 Å². The van der Waals surface area contributed by atoms with Crippen LogP contribution in [0.2, 0.25) is 0 Å². The summed E-state index contributed by atoms with van der Waals surface area (Å²) in [5, 5.41) is 12.0. The van der Waals surface area contributed by atoms with Gasteiger partial charge in [-0.25, -0.2) is 0 Å². The molecule has 4 rings (SSSR count). The molecule has 2 amide bonds. The fourth-order valence-electron chi connectivity index (χ4n) is 4.25. The smallest absolute Gasteiger partial charge is 0.306 e. The first-order valence-corrected chi connectivity index (χ1v) is 10.1. The summed E-state index contributed by atoms with van der Waals surface area (Å²) < 4.78 is 0. The molecule has 0 bridgehead atoms. The Morgan fingerprint density at radius 1 is 0.897 bits per heavy atom. The van der Waals surface area contributed by atoms with Crippen molar-refractivity contribution in [2.75, 3.05) is 16.8 Å². The quantitative estimate of drug-likeness (QED) is 0.830.